The molecule has 1 unspecified atom stereocenters. The summed E-state index contributed by atoms with van der Waals surface area (Å²) in [6, 6.07) is 3.73. The number of pyridine rings is 1. The van der Waals surface area contributed by atoms with E-state index >= 15 is 0 Å². The molecule has 19 heavy (non-hydrogen) atoms. The second kappa shape index (κ2) is 6.35. The molecule has 0 bridgehead atoms. The molecular formula is C15H24N2O2. The molecular weight excluding hydrogens is 240 g/mol. The van der Waals surface area contributed by atoms with E-state index in [9.17, 15) is 5.11 Å². The second-order valence-corrected chi connectivity index (χ2v) is 5.49. The van der Waals surface area contributed by atoms with Crippen molar-refractivity contribution in [2.24, 2.45) is 0 Å². The fourth-order valence-corrected chi connectivity index (χ4v) is 3.03. The van der Waals surface area contributed by atoms with Gasteiger partial charge < -0.3 is 15.6 Å². The van der Waals surface area contributed by atoms with Crippen LogP contribution in [-0.2, 0) is 11.2 Å². The summed E-state index contributed by atoms with van der Waals surface area (Å²) < 4.78 is 5.73. The summed E-state index contributed by atoms with van der Waals surface area (Å²) >= 11 is 0. The van der Waals surface area contributed by atoms with Crippen LogP contribution in [0.5, 0.6) is 0 Å². The number of aliphatic hydroxyl groups excluding tert-OH is 1. The highest BCUT2D eigenvalue weighted by atomic mass is 16.5. The number of anilines is 1. The van der Waals surface area contributed by atoms with E-state index in [1.807, 2.05) is 12.1 Å². The van der Waals surface area contributed by atoms with Gasteiger partial charge in [0.05, 0.1) is 11.7 Å². The number of aliphatic hydroxyl groups is 1. The summed E-state index contributed by atoms with van der Waals surface area (Å²) in [7, 11) is 1.72. The Kier molecular flexibility index (Phi) is 4.77. The van der Waals surface area contributed by atoms with Gasteiger partial charge in [0.1, 0.15) is 5.82 Å². The van der Waals surface area contributed by atoms with Crippen molar-refractivity contribution in [1.82, 2.24) is 4.98 Å². The van der Waals surface area contributed by atoms with E-state index in [2.05, 4.69) is 4.98 Å². The number of nitrogen functional groups attached to an aromatic ring is 1. The second-order valence-electron chi connectivity index (χ2n) is 5.49. The number of rotatable bonds is 4. The molecule has 1 aromatic heterocycles. The van der Waals surface area contributed by atoms with Crippen LogP contribution in [0, 0.1) is 0 Å². The maximum atomic E-state index is 10.6. The minimum atomic E-state index is -0.489. The van der Waals surface area contributed by atoms with Crippen molar-refractivity contribution in [3.63, 3.8) is 0 Å². The van der Waals surface area contributed by atoms with Crippen molar-refractivity contribution in [3.8, 4) is 0 Å². The Bertz CT molecular complexity index is 401. The number of nitrogens with zero attached hydrogens (tertiary/aromatic N) is 1. The Morgan fingerprint density at radius 2 is 2.05 bits per heavy atom. The first-order valence-corrected chi connectivity index (χ1v) is 7.10. The van der Waals surface area contributed by atoms with Crippen LogP contribution in [0.1, 0.15) is 44.1 Å². The van der Waals surface area contributed by atoms with Crippen LogP contribution in [-0.4, -0.2) is 28.9 Å². The average molecular weight is 264 g/mol. The highest BCUT2D eigenvalue weighted by Crippen LogP contribution is 2.34. The number of hydrogen-bond donors (Lipinski definition) is 2. The summed E-state index contributed by atoms with van der Waals surface area (Å²) in [6.45, 7) is 0. The van der Waals surface area contributed by atoms with Gasteiger partial charge in [-0.25, -0.2) is 4.98 Å². The Morgan fingerprint density at radius 1 is 1.37 bits per heavy atom. The van der Waals surface area contributed by atoms with Crippen LogP contribution in [0.15, 0.2) is 18.3 Å². The van der Waals surface area contributed by atoms with E-state index in [0.717, 1.165) is 31.2 Å². The van der Waals surface area contributed by atoms with Crippen LogP contribution < -0.4 is 5.73 Å². The Labute approximate surface area is 115 Å². The lowest BCUT2D eigenvalue weighted by atomic mass is 9.85. The van der Waals surface area contributed by atoms with Gasteiger partial charge in [-0.05, 0) is 30.5 Å². The molecule has 0 saturated heterocycles. The molecule has 3 N–H and O–H groups in total. The Hall–Kier alpha value is -1.13. The smallest absolute Gasteiger partial charge is 0.123 e. The molecule has 0 aromatic carbocycles. The van der Waals surface area contributed by atoms with E-state index < -0.39 is 11.7 Å². The average Bonchev–Trinajstić information content (AvgIpc) is 2.65. The lowest BCUT2D eigenvalue weighted by molar-refractivity contribution is -0.111. The third-order valence-electron chi connectivity index (χ3n) is 4.24. The molecule has 1 aromatic rings. The third-order valence-corrected chi connectivity index (χ3v) is 4.24. The molecule has 1 aliphatic carbocycles. The van der Waals surface area contributed by atoms with E-state index in [1.54, 1.807) is 13.3 Å². The maximum Gasteiger partial charge on any atom is 0.123 e. The molecule has 0 amide bonds. The number of aromatic nitrogens is 1. The molecule has 1 aliphatic rings. The van der Waals surface area contributed by atoms with Gasteiger partial charge in [-0.15, -0.1) is 0 Å². The van der Waals surface area contributed by atoms with Crippen LogP contribution >= 0.6 is 0 Å². The topological polar surface area (TPSA) is 68.4 Å². The van der Waals surface area contributed by atoms with Crippen molar-refractivity contribution in [2.75, 3.05) is 12.8 Å². The summed E-state index contributed by atoms with van der Waals surface area (Å²) in [5, 5.41) is 10.6. The van der Waals surface area contributed by atoms with E-state index in [1.165, 1.54) is 12.8 Å². The number of methoxy groups -OCH3 is 1. The van der Waals surface area contributed by atoms with Gasteiger partial charge in [-0.1, -0.05) is 25.7 Å². The highest BCUT2D eigenvalue weighted by molar-refractivity contribution is 5.32. The number of hydrogen-bond acceptors (Lipinski definition) is 4. The molecule has 1 saturated carbocycles. The van der Waals surface area contributed by atoms with Gasteiger partial charge >= 0.3 is 0 Å². The lowest BCUT2D eigenvalue weighted by Crippen LogP contribution is -2.45. The van der Waals surface area contributed by atoms with Gasteiger partial charge in [-0.2, -0.15) is 0 Å². The third kappa shape index (κ3) is 3.45. The van der Waals surface area contributed by atoms with E-state index in [-0.39, 0.29) is 0 Å². The predicted octanol–water partition coefficient (Wildman–Crippen LogP) is 2.31. The first-order valence-electron chi connectivity index (χ1n) is 7.10. The van der Waals surface area contributed by atoms with Crippen molar-refractivity contribution >= 4 is 5.82 Å². The Balaban J connectivity index is 2.09. The minimum absolute atomic E-state index is 0.394. The quantitative estimate of drug-likeness (QED) is 0.819. The maximum absolute atomic E-state index is 10.6. The standard InChI is InChI=1S/C15H24N2O2/c1-19-15(7-4-2-3-5-8-15)13(18)10-12-6-9-17-14(16)11-12/h6,9,11,13,18H,2-5,7-8,10H2,1H3,(H2,16,17). The molecule has 4 nitrogen and oxygen atoms in total. The van der Waals surface area contributed by atoms with Crippen LogP contribution in [0.3, 0.4) is 0 Å². The molecule has 0 spiro atoms. The summed E-state index contributed by atoms with van der Waals surface area (Å²) in [4.78, 5) is 3.98. The molecule has 0 aliphatic heterocycles. The number of nitrogens with two attached hydrogens (primary N) is 1. The molecule has 106 valence electrons. The lowest BCUT2D eigenvalue weighted by Gasteiger charge is -2.36. The van der Waals surface area contributed by atoms with E-state index in [4.69, 9.17) is 10.5 Å². The molecule has 0 radical (unpaired) electrons. The summed E-state index contributed by atoms with van der Waals surface area (Å²) in [6.07, 6.45) is 8.37. The summed E-state index contributed by atoms with van der Waals surface area (Å²) in [5.74, 6) is 0.497. The zero-order chi connectivity index (χ0) is 13.7. The first kappa shape index (κ1) is 14.3. The van der Waals surface area contributed by atoms with Crippen molar-refractivity contribution in [2.45, 2.75) is 56.7 Å². The molecule has 1 atom stereocenters. The van der Waals surface area contributed by atoms with Gasteiger partial charge in [0.25, 0.3) is 0 Å². The van der Waals surface area contributed by atoms with Gasteiger partial charge in [0, 0.05) is 19.7 Å². The normalized spacial score (nSPS) is 20.7. The summed E-state index contributed by atoms with van der Waals surface area (Å²) in [5.41, 5.74) is 6.30. The van der Waals surface area contributed by atoms with Gasteiger partial charge in [0.15, 0.2) is 0 Å². The fourth-order valence-electron chi connectivity index (χ4n) is 3.03. The zero-order valence-electron chi connectivity index (χ0n) is 11.6. The number of ether oxygens (including phenoxy) is 1. The van der Waals surface area contributed by atoms with Crippen LogP contribution in [0.25, 0.3) is 0 Å². The molecule has 4 heteroatoms. The van der Waals surface area contributed by atoms with Gasteiger partial charge in [0.2, 0.25) is 0 Å². The zero-order valence-corrected chi connectivity index (χ0v) is 11.6. The predicted molar refractivity (Wildman–Crippen MR) is 75.8 cm³/mol. The van der Waals surface area contributed by atoms with Crippen molar-refractivity contribution in [1.29, 1.82) is 0 Å². The van der Waals surface area contributed by atoms with Crippen molar-refractivity contribution in [3.05, 3.63) is 23.9 Å². The SMILES string of the molecule is COC1(C(O)Cc2ccnc(N)c2)CCCCCC1. The van der Waals surface area contributed by atoms with Crippen LogP contribution in [0.2, 0.25) is 0 Å². The largest absolute Gasteiger partial charge is 0.390 e. The minimum Gasteiger partial charge on any atom is -0.390 e. The molecule has 2 rings (SSSR count). The molecule has 1 fully saturated rings. The first-order chi connectivity index (χ1) is 9.16. The molecule has 1 heterocycles. The van der Waals surface area contributed by atoms with Crippen molar-refractivity contribution < 1.29 is 9.84 Å². The van der Waals surface area contributed by atoms with E-state index in [0.29, 0.717) is 12.2 Å². The van der Waals surface area contributed by atoms with Gasteiger partial charge in [-0.3, -0.25) is 0 Å². The van der Waals surface area contributed by atoms with Crippen LogP contribution in [0.4, 0.5) is 5.82 Å². The fraction of sp³-hybridized carbons (Fsp3) is 0.667. The Morgan fingerprint density at radius 3 is 2.63 bits per heavy atom. The highest BCUT2D eigenvalue weighted by Gasteiger charge is 2.38. The monoisotopic (exact) mass is 264 g/mol.